The van der Waals surface area contributed by atoms with Crippen LogP contribution in [0.2, 0.25) is 0 Å². The van der Waals surface area contributed by atoms with Crippen LogP contribution in [0.5, 0.6) is 0 Å². The molecule has 0 atom stereocenters. The Morgan fingerprint density at radius 2 is 1.65 bits per heavy atom. The van der Waals surface area contributed by atoms with Crippen LogP contribution in [0, 0.1) is 0 Å². The molecule has 1 fully saturated rings. The lowest BCUT2D eigenvalue weighted by atomic mass is 10.1. The number of ketones is 1. The quantitative estimate of drug-likeness (QED) is 0.487. The van der Waals surface area contributed by atoms with Gasteiger partial charge in [-0.05, 0) is 43.5 Å². The van der Waals surface area contributed by atoms with Crippen molar-refractivity contribution in [1.82, 2.24) is 4.98 Å². The van der Waals surface area contributed by atoms with E-state index in [2.05, 4.69) is 17.0 Å². The molecule has 0 unspecified atom stereocenters. The Bertz CT molecular complexity index is 941. The Labute approximate surface area is 154 Å². The van der Waals surface area contributed by atoms with Crippen LogP contribution in [0.15, 0.2) is 66.7 Å². The van der Waals surface area contributed by atoms with Crippen LogP contribution in [0.4, 0.5) is 5.82 Å². The summed E-state index contributed by atoms with van der Waals surface area (Å²) in [5, 5.41) is 1.10. The molecule has 1 saturated heterocycles. The topological polar surface area (TPSA) is 33.2 Å². The molecule has 0 amide bonds. The van der Waals surface area contributed by atoms with Crippen LogP contribution in [-0.4, -0.2) is 23.9 Å². The zero-order valence-electron chi connectivity index (χ0n) is 14.8. The maximum absolute atomic E-state index is 12.4. The number of carbonyl (C=O) groups excluding carboxylic acids is 1. The first-order valence-electron chi connectivity index (χ1n) is 9.23. The summed E-state index contributed by atoms with van der Waals surface area (Å²) in [6.45, 7) is 2.05. The maximum atomic E-state index is 12.4. The standard InChI is InChI=1S/C23H22N2O/c26-22(18-9-3-1-4-10-18)14-13-20-17-19-11-5-6-12-21(19)24-23(20)25-15-7-2-8-16-25/h1,3-6,9-14,17H,2,7-8,15-16H2/b14-13+. The second kappa shape index (κ2) is 7.52. The number of piperidine rings is 1. The number of fused-ring (bicyclic) bond motifs is 1. The fraction of sp³-hybridized carbons (Fsp3) is 0.217. The van der Waals surface area contributed by atoms with E-state index in [-0.39, 0.29) is 5.78 Å². The van der Waals surface area contributed by atoms with Gasteiger partial charge in [0, 0.05) is 29.6 Å². The molecule has 4 rings (SSSR count). The average molecular weight is 342 g/mol. The van der Waals surface area contributed by atoms with Crippen molar-refractivity contribution in [2.24, 2.45) is 0 Å². The summed E-state index contributed by atoms with van der Waals surface area (Å²) in [7, 11) is 0. The largest absolute Gasteiger partial charge is 0.356 e. The zero-order valence-corrected chi connectivity index (χ0v) is 14.8. The fourth-order valence-corrected chi connectivity index (χ4v) is 3.47. The second-order valence-electron chi connectivity index (χ2n) is 6.71. The normalized spacial score (nSPS) is 14.8. The van der Waals surface area contributed by atoms with Crippen molar-refractivity contribution in [3.63, 3.8) is 0 Å². The van der Waals surface area contributed by atoms with Gasteiger partial charge in [0.1, 0.15) is 5.82 Å². The zero-order chi connectivity index (χ0) is 17.8. The predicted octanol–water partition coefficient (Wildman–Crippen LogP) is 5.12. The monoisotopic (exact) mass is 342 g/mol. The Balaban J connectivity index is 1.72. The smallest absolute Gasteiger partial charge is 0.185 e. The summed E-state index contributed by atoms with van der Waals surface area (Å²) in [4.78, 5) is 19.7. The summed E-state index contributed by atoms with van der Waals surface area (Å²) in [6.07, 6.45) is 7.25. The van der Waals surface area contributed by atoms with Crippen molar-refractivity contribution in [3.8, 4) is 0 Å². The average Bonchev–Trinajstić information content (AvgIpc) is 2.72. The van der Waals surface area contributed by atoms with Crippen LogP contribution in [0.1, 0.15) is 35.2 Å². The minimum absolute atomic E-state index is 0.0170. The number of hydrogen-bond donors (Lipinski definition) is 0. The summed E-state index contributed by atoms with van der Waals surface area (Å²) in [5.41, 5.74) is 2.71. The number of hydrogen-bond acceptors (Lipinski definition) is 3. The minimum atomic E-state index is 0.0170. The van der Waals surface area contributed by atoms with Gasteiger partial charge in [-0.1, -0.05) is 48.5 Å². The molecule has 26 heavy (non-hydrogen) atoms. The van der Waals surface area contributed by atoms with E-state index in [0.717, 1.165) is 35.4 Å². The predicted molar refractivity (Wildman–Crippen MR) is 108 cm³/mol. The lowest BCUT2D eigenvalue weighted by molar-refractivity contribution is 0.104. The number of rotatable bonds is 4. The fourth-order valence-electron chi connectivity index (χ4n) is 3.47. The van der Waals surface area contributed by atoms with Crippen LogP contribution in [0.3, 0.4) is 0 Å². The number of pyridine rings is 1. The number of anilines is 1. The van der Waals surface area contributed by atoms with Crippen molar-refractivity contribution in [2.75, 3.05) is 18.0 Å². The van der Waals surface area contributed by atoms with Crippen LogP contribution >= 0.6 is 0 Å². The minimum Gasteiger partial charge on any atom is -0.356 e. The van der Waals surface area contributed by atoms with Crippen molar-refractivity contribution >= 4 is 28.6 Å². The molecular formula is C23H22N2O. The number of carbonyl (C=O) groups is 1. The van der Waals surface area contributed by atoms with E-state index in [0.29, 0.717) is 5.56 Å². The van der Waals surface area contributed by atoms with Gasteiger partial charge in [-0.25, -0.2) is 4.98 Å². The van der Waals surface area contributed by atoms with Crippen LogP contribution in [-0.2, 0) is 0 Å². The Kier molecular flexibility index (Phi) is 4.78. The van der Waals surface area contributed by atoms with Gasteiger partial charge in [0.15, 0.2) is 5.78 Å². The van der Waals surface area contributed by atoms with Crippen LogP contribution in [0.25, 0.3) is 17.0 Å². The molecule has 2 aromatic carbocycles. The molecular weight excluding hydrogens is 320 g/mol. The summed E-state index contributed by atoms with van der Waals surface area (Å²) in [5.74, 6) is 1.00. The van der Waals surface area contributed by atoms with E-state index in [1.165, 1.54) is 19.3 Å². The third-order valence-corrected chi connectivity index (χ3v) is 4.86. The SMILES string of the molecule is O=C(/C=C/c1cc2ccccc2nc1N1CCCCC1)c1ccccc1. The summed E-state index contributed by atoms with van der Waals surface area (Å²) >= 11 is 0. The van der Waals surface area contributed by atoms with E-state index in [1.807, 2.05) is 54.6 Å². The first-order valence-corrected chi connectivity index (χ1v) is 9.23. The van der Waals surface area contributed by atoms with Gasteiger partial charge in [-0.15, -0.1) is 0 Å². The molecule has 1 aliphatic rings. The number of nitrogens with zero attached hydrogens (tertiary/aromatic N) is 2. The summed E-state index contributed by atoms with van der Waals surface area (Å²) < 4.78 is 0. The lowest BCUT2D eigenvalue weighted by Crippen LogP contribution is -2.30. The molecule has 0 aliphatic carbocycles. The van der Waals surface area contributed by atoms with Gasteiger partial charge in [-0.3, -0.25) is 4.79 Å². The Morgan fingerprint density at radius 3 is 2.46 bits per heavy atom. The molecule has 3 nitrogen and oxygen atoms in total. The molecule has 3 aromatic rings. The van der Waals surface area contributed by atoms with E-state index in [1.54, 1.807) is 6.08 Å². The molecule has 0 N–H and O–H groups in total. The van der Waals surface area contributed by atoms with E-state index in [9.17, 15) is 4.79 Å². The molecule has 0 bridgehead atoms. The summed E-state index contributed by atoms with van der Waals surface area (Å²) in [6, 6.07) is 19.7. The molecule has 2 heterocycles. The van der Waals surface area contributed by atoms with Gasteiger partial charge < -0.3 is 4.90 Å². The lowest BCUT2D eigenvalue weighted by Gasteiger charge is -2.29. The highest BCUT2D eigenvalue weighted by Gasteiger charge is 2.16. The molecule has 1 aromatic heterocycles. The number of benzene rings is 2. The molecule has 1 aliphatic heterocycles. The highest BCUT2D eigenvalue weighted by Crippen LogP contribution is 2.27. The number of allylic oxidation sites excluding steroid dienone is 1. The van der Waals surface area contributed by atoms with E-state index < -0.39 is 0 Å². The molecule has 3 heteroatoms. The number of aromatic nitrogens is 1. The van der Waals surface area contributed by atoms with Crippen molar-refractivity contribution < 1.29 is 4.79 Å². The maximum Gasteiger partial charge on any atom is 0.185 e. The highest BCUT2D eigenvalue weighted by molar-refractivity contribution is 6.07. The van der Waals surface area contributed by atoms with Gasteiger partial charge in [0.05, 0.1) is 5.52 Å². The first-order chi connectivity index (χ1) is 12.8. The molecule has 130 valence electrons. The Morgan fingerprint density at radius 1 is 0.923 bits per heavy atom. The second-order valence-corrected chi connectivity index (χ2v) is 6.71. The van der Waals surface area contributed by atoms with Crippen molar-refractivity contribution in [3.05, 3.63) is 77.9 Å². The van der Waals surface area contributed by atoms with Gasteiger partial charge in [0.25, 0.3) is 0 Å². The first kappa shape index (κ1) is 16.5. The van der Waals surface area contributed by atoms with E-state index >= 15 is 0 Å². The molecule has 0 saturated carbocycles. The highest BCUT2D eigenvalue weighted by atomic mass is 16.1. The van der Waals surface area contributed by atoms with Crippen molar-refractivity contribution in [2.45, 2.75) is 19.3 Å². The Hall–Kier alpha value is -2.94. The van der Waals surface area contributed by atoms with Crippen LogP contribution < -0.4 is 4.90 Å². The van der Waals surface area contributed by atoms with E-state index in [4.69, 9.17) is 4.98 Å². The van der Waals surface area contributed by atoms with Gasteiger partial charge in [0.2, 0.25) is 0 Å². The molecule has 0 spiro atoms. The third kappa shape index (κ3) is 3.52. The molecule has 0 radical (unpaired) electrons. The van der Waals surface area contributed by atoms with Gasteiger partial charge >= 0.3 is 0 Å². The van der Waals surface area contributed by atoms with Gasteiger partial charge in [-0.2, -0.15) is 0 Å². The third-order valence-electron chi connectivity index (χ3n) is 4.86. The van der Waals surface area contributed by atoms with Crippen molar-refractivity contribution in [1.29, 1.82) is 0 Å². The number of para-hydroxylation sites is 1.